The SMILES string of the molecule is CCOC(=O)C(Cl)C(C(=O)OCC)C(C)(C)C. The van der Waals surface area contributed by atoms with Crippen LogP contribution >= 0.6 is 11.6 Å². The average molecular weight is 265 g/mol. The summed E-state index contributed by atoms with van der Waals surface area (Å²) in [6.45, 7) is 9.42. The minimum atomic E-state index is -1.02. The van der Waals surface area contributed by atoms with Gasteiger partial charge in [0.2, 0.25) is 0 Å². The van der Waals surface area contributed by atoms with Gasteiger partial charge in [0, 0.05) is 0 Å². The van der Waals surface area contributed by atoms with Gasteiger partial charge in [-0.25, -0.2) is 0 Å². The van der Waals surface area contributed by atoms with E-state index in [2.05, 4.69) is 0 Å². The molecule has 17 heavy (non-hydrogen) atoms. The maximum absolute atomic E-state index is 11.8. The van der Waals surface area contributed by atoms with Crippen LogP contribution in [0.3, 0.4) is 0 Å². The van der Waals surface area contributed by atoms with Crippen LogP contribution in [0.4, 0.5) is 0 Å². The van der Waals surface area contributed by atoms with Crippen molar-refractivity contribution in [3.05, 3.63) is 0 Å². The van der Waals surface area contributed by atoms with Gasteiger partial charge in [0.15, 0.2) is 0 Å². The number of ether oxygens (including phenoxy) is 2. The fraction of sp³-hybridized carbons (Fsp3) is 0.833. The van der Waals surface area contributed by atoms with Gasteiger partial charge in [-0.2, -0.15) is 0 Å². The van der Waals surface area contributed by atoms with Gasteiger partial charge in [-0.15, -0.1) is 11.6 Å². The van der Waals surface area contributed by atoms with Crippen molar-refractivity contribution >= 4 is 23.5 Å². The van der Waals surface area contributed by atoms with E-state index in [0.717, 1.165) is 0 Å². The van der Waals surface area contributed by atoms with E-state index in [4.69, 9.17) is 21.1 Å². The summed E-state index contributed by atoms with van der Waals surface area (Å²) < 4.78 is 9.78. The van der Waals surface area contributed by atoms with E-state index in [1.165, 1.54) is 0 Å². The van der Waals surface area contributed by atoms with Gasteiger partial charge in [0.05, 0.1) is 19.1 Å². The van der Waals surface area contributed by atoms with Crippen molar-refractivity contribution in [2.45, 2.75) is 40.0 Å². The summed E-state index contributed by atoms with van der Waals surface area (Å²) >= 11 is 6.02. The molecule has 0 aromatic rings. The zero-order chi connectivity index (χ0) is 13.6. The molecule has 0 rings (SSSR count). The molecular formula is C12H21ClO4. The number of rotatable bonds is 5. The van der Waals surface area contributed by atoms with Crippen molar-refractivity contribution in [2.24, 2.45) is 11.3 Å². The molecule has 0 aromatic carbocycles. The molecule has 0 aliphatic heterocycles. The number of halogens is 1. The Bertz CT molecular complexity index is 270. The summed E-state index contributed by atoms with van der Waals surface area (Å²) in [5.74, 6) is -1.77. The van der Waals surface area contributed by atoms with Crippen LogP contribution in [0.25, 0.3) is 0 Å². The van der Waals surface area contributed by atoms with Crippen LogP contribution in [-0.2, 0) is 19.1 Å². The Kier molecular flexibility index (Phi) is 6.53. The molecule has 0 amide bonds. The molecule has 0 aliphatic rings. The van der Waals surface area contributed by atoms with Crippen LogP contribution in [0.2, 0.25) is 0 Å². The summed E-state index contributed by atoms with van der Waals surface area (Å²) in [6.07, 6.45) is 0. The van der Waals surface area contributed by atoms with E-state index < -0.39 is 28.6 Å². The van der Waals surface area contributed by atoms with Gasteiger partial charge in [-0.1, -0.05) is 20.8 Å². The van der Waals surface area contributed by atoms with Crippen molar-refractivity contribution in [2.75, 3.05) is 13.2 Å². The first kappa shape index (κ1) is 16.2. The van der Waals surface area contributed by atoms with Crippen LogP contribution in [0, 0.1) is 11.3 Å². The predicted octanol–water partition coefficient (Wildman–Crippen LogP) is 2.38. The third kappa shape index (κ3) is 4.94. The van der Waals surface area contributed by atoms with E-state index in [1.807, 2.05) is 20.8 Å². The van der Waals surface area contributed by atoms with E-state index >= 15 is 0 Å². The lowest BCUT2D eigenvalue weighted by Gasteiger charge is -2.30. The first-order valence-electron chi connectivity index (χ1n) is 5.73. The van der Waals surface area contributed by atoms with Gasteiger partial charge < -0.3 is 9.47 Å². The summed E-state index contributed by atoms with van der Waals surface area (Å²) in [4.78, 5) is 23.4. The van der Waals surface area contributed by atoms with Crippen molar-refractivity contribution in [3.63, 3.8) is 0 Å². The van der Waals surface area contributed by atoms with Crippen molar-refractivity contribution in [1.29, 1.82) is 0 Å². The zero-order valence-electron chi connectivity index (χ0n) is 11.1. The lowest BCUT2D eigenvalue weighted by molar-refractivity contribution is -0.158. The Labute approximate surface area is 108 Å². The molecule has 2 atom stereocenters. The molecule has 0 saturated heterocycles. The van der Waals surface area contributed by atoms with E-state index in [0.29, 0.717) is 0 Å². The van der Waals surface area contributed by atoms with E-state index in [-0.39, 0.29) is 13.2 Å². The highest BCUT2D eigenvalue weighted by Gasteiger charge is 2.42. The first-order valence-corrected chi connectivity index (χ1v) is 6.16. The van der Waals surface area contributed by atoms with Crippen molar-refractivity contribution in [1.82, 2.24) is 0 Å². The molecule has 0 bridgehead atoms. The summed E-state index contributed by atoms with van der Waals surface area (Å²) in [5, 5.41) is -1.02. The molecule has 0 aromatic heterocycles. The number of alkyl halides is 1. The third-order valence-corrected chi connectivity index (χ3v) is 2.71. The molecule has 0 fully saturated rings. The van der Waals surface area contributed by atoms with Crippen LogP contribution in [-0.4, -0.2) is 30.5 Å². The molecule has 0 saturated carbocycles. The summed E-state index contributed by atoms with van der Waals surface area (Å²) in [7, 11) is 0. The summed E-state index contributed by atoms with van der Waals surface area (Å²) in [5.41, 5.74) is -0.467. The van der Waals surface area contributed by atoms with Crippen LogP contribution in [0.5, 0.6) is 0 Å². The lowest BCUT2D eigenvalue weighted by Crippen LogP contribution is -2.41. The second-order valence-electron chi connectivity index (χ2n) is 4.75. The Morgan fingerprint density at radius 2 is 1.47 bits per heavy atom. The van der Waals surface area contributed by atoms with Gasteiger partial charge in [0.25, 0.3) is 0 Å². The molecule has 0 N–H and O–H groups in total. The first-order chi connectivity index (χ1) is 7.75. The normalized spacial score (nSPS) is 14.9. The van der Waals surface area contributed by atoms with Crippen LogP contribution in [0.1, 0.15) is 34.6 Å². The number of hydrogen-bond donors (Lipinski definition) is 0. The second kappa shape index (κ2) is 6.84. The molecule has 2 unspecified atom stereocenters. The molecule has 0 heterocycles. The predicted molar refractivity (Wildman–Crippen MR) is 65.9 cm³/mol. The Morgan fingerprint density at radius 3 is 1.82 bits per heavy atom. The highest BCUT2D eigenvalue weighted by Crippen LogP contribution is 2.33. The molecule has 100 valence electrons. The highest BCUT2D eigenvalue weighted by molar-refractivity contribution is 6.31. The largest absolute Gasteiger partial charge is 0.466 e. The molecule has 0 radical (unpaired) electrons. The molecule has 4 nitrogen and oxygen atoms in total. The molecule has 5 heteroatoms. The standard InChI is InChI=1S/C12H21ClO4/c1-6-16-10(14)8(12(3,4)5)9(13)11(15)17-7-2/h8-9H,6-7H2,1-5H3. The Balaban J connectivity index is 4.93. The van der Waals surface area contributed by atoms with Gasteiger partial charge >= 0.3 is 11.9 Å². The van der Waals surface area contributed by atoms with E-state index in [1.54, 1.807) is 13.8 Å². The average Bonchev–Trinajstić information content (AvgIpc) is 2.16. The maximum Gasteiger partial charge on any atom is 0.324 e. The quantitative estimate of drug-likeness (QED) is 0.565. The number of hydrogen-bond acceptors (Lipinski definition) is 4. The maximum atomic E-state index is 11.8. The van der Waals surface area contributed by atoms with Gasteiger partial charge in [-0.05, 0) is 19.3 Å². The van der Waals surface area contributed by atoms with E-state index in [9.17, 15) is 9.59 Å². The van der Waals surface area contributed by atoms with Crippen molar-refractivity contribution < 1.29 is 19.1 Å². The van der Waals surface area contributed by atoms with Crippen LogP contribution in [0.15, 0.2) is 0 Å². The fourth-order valence-electron chi connectivity index (χ4n) is 1.50. The Morgan fingerprint density at radius 1 is 1.06 bits per heavy atom. The Hall–Kier alpha value is -0.770. The zero-order valence-corrected chi connectivity index (χ0v) is 11.8. The monoisotopic (exact) mass is 264 g/mol. The molecular weight excluding hydrogens is 244 g/mol. The van der Waals surface area contributed by atoms with Gasteiger partial charge in [0.1, 0.15) is 5.38 Å². The van der Waals surface area contributed by atoms with Crippen LogP contribution < -0.4 is 0 Å². The number of carbonyl (C=O) groups is 2. The smallest absolute Gasteiger partial charge is 0.324 e. The highest BCUT2D eigenvalue weighted by atomic mass is 35.5. The minimum Gasteiger partial charge on any atom is -0.466 e. The second-order valence-corrected chi connectivity index (χ2v) is 5.22. The number of esters is 2. The third-order valence-electron chi connectivity index (χ3n) is 2.28. The molecule has 0 aliphatic carbocycles. The summed E-state index contributed by atoms with van der Waals surface area (Å²) in [6, 6.07) is 0. The molecule has 0 spiro atoms. The van der Waals surface area contributed by atoms with Gasteiger partial charge in [-0.3, -0.25) is 9.59 Å². The fourth-order valence-corrected chi connectivity index (χ4v) is 2.05. The topological polar surface area (TPSA) is 52.6 Å². The lowest BCUT2D eigenvalue weighted by atomic mass is 9.78. The van der Waals surface area contributed by atoms with Crippen molar-refractivity contribution in [3.8, 4) is 0 Å². The number of carbonyl (C=O) groups excluding carboxylic acids is 2. The minimum absolute atomic E-state index is 0.238.